The summed E-state index contributed by atoms with van der Waals surface area (Å²) in [6.07, 6.45) is 0. The molecular weight excluding hydrogens is 329 g/mol. The van der Waals surface area contributed by atoms with E-state index in [2.05, 4.69) is 15.9 Å². The van der Waals surface area contributed by atoms with Crippen LogP contribution in [0.4, 0.5) is 4.39 Å². The Balaban J connectivity index is 2.53. The normalized spacial score (nSPS) is 12.5. The van der Waals surface area contributed by atoms with Crippen molar-refractivity contribution in [2.45, 2.75) is 19.9 Å². The SMILES string of the molecule is Cc1cccc(C(N)c2ccc(Br)c(Cl)c2F)c1C. The third kappa shape index (κ3) is 2.69. The minimum absolute atomic E-state index is 0.0678. The molecule has 0 spiro atoms. The van der Waals surface area contributed by atoms with Gasteiger partial charge in [0, 0.05) is 10.0 Å². The van der Waals surface area contributed by atoms with Crippen molar-refractivity contribution in [3.63, 3.8) is 0 Å². The zero-order valence-corrected chi connectivity index (χ0v) is 13.0. The third-order valence-corrected chi connectivity index (χ3v) is 4.64. The van der Waals surface area contributed by atoms with Crippen molar-refractivity contribution in [3.05, 3.63) is 67.9 Å². The smallest absolute Gasteiger partial charge is 0.148 e. The predicted octanol–water partition coefficient (Wildman–Crippen LogP) is 4.91. The van der Waals surface area contributed by atoms with Crippen LogP contribution in [0.2, 0.25) is 5.02 Å². The Bertz CT molecular complexity index is 628. The first-order chi connectivity index (χ1) is 8.93. The van der Waals surface area contributed by atoms with Gasteiger partial charge in [0.2, 0.25) is 0 Å². The van der Waals surface area contributed by atoms with Gasteiger partial charge in [-0.2, -0.15) is 0 Å². The fourth-order valence-electron chi connectivity index (χ4n) is 2.06. The Morgan fingerprint density at radius 3 is 2.53 bits per heavy atom. The average Bonchev–Trinajstić information content (AvgIpc) is 2.39. The summed E-state index contributed by atoms with van der Waals surface area (Å²) in [6, 6.07) is 8.71. The molecule has 0 heterocycles. The second kappa shape index (κ2) is 5.61. The van der Waals surface area contributed by atoms with Crippen LogP contribution in [-0.2, 0) is 0 Å². The number of aryl methyl sites for hydroxylation is 1. The van der Waals surface area contributed by atoms with E-state index in [0.717, 1.165) is 16.7 Å². The zero-order valence-electron chi connectivity index (χ0n) is 10.7. The van der Waals surface area contributed by atoms with Gasteiger partial charge >= 0.3 is 0 Å². The molecule has 1 atom stereocenters. The monoisotopic (exact) mass is 341 g/mol. The van der Waals surface area contributed by atoms with Gasteiger partial charge in [-0.05, 0) is 52.5 Å². The van der Waals surface area contributed by atoms with E-state index in [4.69, 9.17) is 17.3 Å². The van der Waals surface area contributed by atoms with Crippen molar-refractivity contribution in [1.29, 1.82) is 0 Å². The Labute approximate surface area is 125 Å². The van der Waals surface area contributed by atoms with Crippen LogP contribution in [0.15, 0.2) is 34.8 Å². The summed E-state index contributed by atoms with van der Waals surface area (Å²) in [4.78, 5) is 0. The van der Waals surface area contributed by atoms with Gasteiger partial charge in [-0.3, -0.25) is 0 Å². The molecule has 0 bridgehead atoms. The van der Waals surface area contributed by atoms with E-state index in [1.54, 1.807) is 12.1 Å². The van der Waals surface area contributed by atoms with Crippen LogP contribution < -0.4 is 5.73 Å². The molecule has 2 rings (SSSR count). The molecule has 2 aromatic carbocycles. The second-order valence-electron chi connectivity index (χ2n) is 4.53. The van der Waals surface area contributed by atoms with Crippen LogP contribution >= 0.6 is 27.5 Å². The highest BCUT2D eigenvalue weighted by atomic mass is 79.9. The fraction of sp³-hybridized carbons (Fsp3) is 0.200. The van der Waals surface area contributed by atoms with E-state index in [9.17, 15) is 4.39 Å². The standard InChI is InChI=1S/C15H14BrClFN/c1-8-4-3-5-10(9(8)2)15(19)11-6-7-12(16)13(17)14(11)18/h3-7,15H,19H2,1-2H3. The van der Waals surface area contributed by atoms with E-state index >= 15 is 0 Å². The van der Waals surface area contributed by atoms with Crippen molar-refractivity contribution >= 4 is 27.5 Å². The summed E-state index contributed by atoms with van der Waals surface area (Å²) in [5, 5.41) is 0.0678. The van der Waals surface area contributed by atoms with Crippen molar-refractivity contribution in [2.75, 3.05) is 0 Å². The first kappa shape index (κ1) is 14.5. The van der Waals surface area contributed by atoms with Crippen molar-refractivity contribution < 1.29 is 4.39 Å². The number of rotatable bonds is 2. The average molecular weight is 343 g/mol. The second-order valence-corrected chi connectivity index (χ2v) is 5.76. The lowest BCUT2D eigenvalue weighted by Crippen LogP contribution is -2.15. The summed E-state index contributed by atoms with van der Waals surface area (Å²) in [5.74, 6) is -0.468. The molecule has 0 aromatic heterocycles. The van der Waals surface area contributed by atoms with E-state index in [1.165, 1.54) is 0 Å². The van der Waals surface area contributed by atoms with E-state index < -0.39 is 11.9 Å². The molecule has 0 aliphatic heterocycles. The number of benzene rings is 2. The van der Waals surface area contributed by atoms with Crippen LogP contribution in [0.1, 0.15) is 28.3 Å². The molecule has 100 valence electrons. The Morgan fingerprint density at radius 1 is 1.16 bits per heavy atom. The molecule has 4 heteroatoms. The lowest BCUT2D eigenvalue weighted by molar-refractivity contribution is 0.599. The molecule has 1 nitrogen and oxygen atoms in total. The Kier molecular flexibility index (Phi) is 4.29. The molecule has 0 radical (unpaired) electrons. The Hall–Kier alpha value is -0.900. The molecule has 0 fully saturated rings. The van der Waals surface area contributed by atoms with Gasteiger partial charge in [-0.15, -0.1) is 0 Å². The highest BCUT2D eigenvalue weighted by molar-refractivity contribution is 9.10. The van der Waals surface area contributed by atoms with Crippen molar-refractivity contribution in [3.8, 4) is 0 Å². The van der Waals surface area contributed by atoms with Crippen molar-refractivity contribution in [1.82, 2.24) is 0 Å². The molecule has 19 heavy (non-hydrogen) atoms. The van der Waals surface area contributed by atoms with Gasteiger partial charge in [0.05, 0.1) is 11.1 Å². The lowest BCUT2D eigenvalue weighted by atomic mass is 9.93. The zero-order chi connectivity index (χ0) is 14.2. The summed E-state index contributed by atoms with van der Waals surface area (Å²) < 4.78 is 14.7. The summed E-state index contributed by atoms with van der Waals surface area (Å²) >= 11 is 9.11. The summed E-state index contributed by atoms with van der Waals surface area (Å²) in [6.45, 7) is 4.00. The Morgan fingerprint density at radius 2 is 1.84 bits per heavy atom. The molecule has 1 unspecified atom stereocenters. The largest absolute Gasteiger partial charge is 0.320 e. The van der Waals surface area contributed by atoms with E-state index in [1.807, 2.05) is 32.0 Å². The van der Waals surface area contributed by atoms with Gasteiger partial charge in [0.1, 0.15) is 5.82 Å². The fourth-order valence-corrected chi connectivity index (χ4v) is 2.54. The van der Waals surface area contributed by atoms with Gasteiger partial charge < -0.3 is 5.73 Å². The topological polar surface area (TPSA) is 26.0 Å². The first-order valence-corrected chi connectivity index (χ1v) is 7.05. The first-order valence-electron chi connectivity index (χ1n) is 5.88. The molecule has 0 aliphatic rings. The number of hydrogen-bond donors (Lipinski definition) is 1. The molecule has 0 amide bonds. The van der Waals surface area contributed by atoms with Gasteiger partial charge in [-0.1, -0.05) is 35.9 Å². The third-order valence-electron chi connectivity index (χ3n) is 3.38. The minimum Gasteiger partial charge on any atom is -0.320 e. The van der Waals surface area contributed by atoms with Crippen LogP contribution in [0.5, 0.6) is 0 Å². The predicted molar refractivity (Wildman–Crippen MR) is 81.1 cm³/mol. The van der Waals surface area contributed by atoms with E-state index in [0.29, 0.717) is 10.0 Å². The van der Waals surface area contributed by atoms with Crippen LogP contribution in [0, 0.1) is 19.7 Å². The highest BCUT2D eigenvalue weighted by Gasteiger charge is 2.19. The van der Waals surface area contributed by atoms with Gasteiger partial charge in [0.25, 0.3) is 0 Å². The minimum atomic E-state index is -0.523. The molecular formula is C15H14BrClFN. The molecule has 0 saturated heterocycles. The van der Waals surface area contributed by atoms with Gasteiger partial charge in [0.15, 0.2) is 0 Å². The van der Waals surface area contributed by atoms with E-state index in [-0.39, 0.29) is 5.02 Å². The lowest BCUT2D eigenvalue weighted by Gasteiger charge is -2.18. The molecule has 0 saturated carbocycles. The maximum Gasteiger partial charge on any atom is 0.148 e. The summed E-state index contributed by atoms with van der Waals surface area (Å²) in [5.41, 5.74) is 9.72. The van der Waals surface area contributed by atoms with Crippen LogP contribution in [-0.4, -0.2) is 0 Å². The maximum atomic E-state index is 14.2. The molecule has 2 aromatic rings. The molecule has 2 N–H and O–H groups in total. The van der Waals surface area contributed by atoms with Crippen LogP contribution in [0.3, 0.4) is 0 Å². The van der Waals surface area contributed by atoms with Crippen molar-refractivity contribution in [2.24, 2.45) is 5.73 Å². The maximum absolute atomic E-state index is 14.2. The van der Waals surface area contributed by atoms with Gasteiger partial charge in [-0.25, -0.2) is 4.39 Å². The number of hydrogen-bond acceptors (Lipinski definition) is 1. The number of halogens is 3. The quantitative estimate of drug-likeness (QED) is 0.771. The summed E-state index contributed by atoms with van der Waals surface area (Å²) in [7, 11) is 0. The van der Waals surface area contributed by atoms with Crippen LogP contribution in [0.25, 0.3) is 0 Å². The molecule has 0 aliphatic carbocycles. The number of nitrogens with two attached hydrogens (primary N) is 1. The highest BCUT2D eigenvalue weighted by Crippen LogP contribution is 2.33.